The molecule has 0 heterocycles. The molecule has 0 saturated heterocycles. The van der Waals surface area contributed by atoms with Crippen molar-refractivity contribution in [1.82, 2.24) is 0 Å². The van der Waals surface area contributed by atoms with Gasteiger partial charge in [-0.05, 0) is 0 Å². The third kappa shape index (κ3) is 8.96. The predicted octanol–water partition coefficient (Wildman–Crippen LogP) is -1.52. The first-order chi connectivity index (χ1) is 0. The van der Waals surface area contributed by atoms with Crippen LogP contribution in [-0.2, 0) is 0 Å². The van der Waals surface area contributed by atoms with Crippen LogP contribution in [0.1, 0.15) is 0 Å². The van der Waals surface area contributed by atoms with Gasteiger partial charge in [0, 0.05) is 96.8 Å². The average Bonchev–Trinajstić information content (AvgIpc) is 0. The van der Waals surface area contributed by atoms with Crippen LogP contribution in [0.25, 0.3) is 0 Å². The Morgan fingerprint density at radius 3 is 0.500 bits per heavy atom. The first-order valence-corrected chi connectivity index (χ1v) is 0. The van der Waals surface area contributed by atoms with Crippen molar-refractivity contribution in [3.8, 4) is 0 Å². The Morgan fingerprint density at radius 1 is 0.500 bits per heavy atom. The zero-order valence-electron chi connectivity index (χ0n) is 4.00. The van der Waals surface area contributed by atoms with Gasteiger partial charge in [0.2, 0.25) is 0 Å². The van der Waals surface area contributed by atoms with Crippen molar-refractivity contribution in [3.63, 3.8) is 0 Å². The maximum absolute atomic E-state index is 0. The van der Waals surface area contributed by atoms with Crippen LogP contribution in [-0.4, -0.2) is 96.8 Å². The zero-order valence-corrected chi connectivity index (χ0v) is 8.00. The van der Waals surface area contributed by atoms with Gasteiger partial charge in [-0.1, -0.05) is 0 Å². The number of hydrogen-bond donors (Lipinski definition) is 0. The van der Waals surface area contributed by atoms with Crippen molar-refractivity contribution in [3.05, 3.63) is 0 Å². The molecule has 0 fully saturated rings. The second kappa shape index (κ2) is 16.4. The Morgan fingerprint density at radius 2 is 0.500 bits per heavy atom. The van der Waals surface area contributed by atoms with E-state index in [4.69, 9.17) is 0 Å². The minimum Gasteiger partial charge on any atom is 0 e. The van der Waals surface area contributed by atoms with Gasteiger partial charge in [0.15, 0.2) is 0 Å². The minimum atomic E-state index is 0. The van der Waals surface area contributed by atoms with Gasteiger partial charge in [0.1, 0.15) is 0 Å². The Kier molecular flexibility index (Phi) is 111. The second-order valence-electron chi connectivity index (χ2n) is 0. The van der Waals surface area contributed by atoms with Gasteiger partial charge in [-0.15, -0.1) is 0 Å². The molecule has 0 aliphatic carbocycles. The fourth-order valence-electron chi connectivity index (χ4n) is 0. The van der Waals surface area contributed by atoms with Crippen molar-refractivity contribution in [2.24, 2.45) is 0 Å². The molecule has 0 aromatic heterocycles. The van der Waals surface area contributed by atoms with Gasteiger partial charge in [-0.2, -0.15) is 0 Å². The molecule has 4 heavy (non-hydrogen) atoms. The summed E-state index contributed by atoms with van der Waals surface area (Å²) in [7, 11) is 0. The smallest absolute Gasteiger partial charge is 0 e. The molecule has 0 aliphatic rings. The van der Waals surface area contributed by atoms with E-state index in [0.717, 1.165) is 0 Å². The molecule has 4 heteroatoms. The molecule has 0 nitrogen and oxygen atoms in total. The minimum absolute atomic E-state index is 0. The van der Waals surface area contributed by atoms with Crippen molar-refractivity contribution in [1.29, 1.82) is 0 Å². The quantitative estimate of drug-likeness (QED) is 0.298. The van der Waals surface area contributed by atoms with E-state index in [9.17, 15) is 0 Å². The van der Waals surface area contributed by atoms with E-state index >= 15 is 0 Å². The number of hydrogen-bond acceptors (Lipinski definition) is 0. The summed E-state index contributed by atoms with van der Waals surface area (Å²) in [6.45, 7) is 0. The van der Waals surface area contributed by atoms with Crippen LogP contribution in [0.5, 0.6) is 0 Å². The molecular weight excluding hydrogens is 59.9 g/mol. The van der Waals surface area contributed by atoms with E-state index in [1.54, 1.807) is 0 Å². The topological polar surface area (TPSA) is 0 Å². The van der Waals surface area contributed by atoms with Crippen LogP contribution < -0.4 is 0 Å². The van der Waals surface area contributed by atoms with Gasteiger partial charge in [0.05, 0.1) is 0 Å². The van der Waals surface area contributed by atoms with Crippen LogP contribution in [0.15, 0.2) is 0 Å². The van der Waals surface area contributed by atoms with Crippen LogP contribution in [0.4, 0.5) is 0 Å². The van der Waals surface area contributed by atoms with Gasteiger partial charge in [-0.3, -0.25) is 0 Å². The van der Waals surface area contributed by atoms with Gasteiger partial charge >= 0.3 is 0 Å². The van der Waals surface area contributed by atoms with E-state index in [1.807, 2.05) is 0 Å². The van der Waals surface area contributed by atoms with E-state index in [1.165, 1.54) is 0 Å². The first kappa shape index (κ1) is 27.1. The fraction of sp³-hybridized carbons (Fsp3) is 0. The van der Waals surface area contributed by atoms with Crippen molar-refractivity contribution >= 4 is 96.8 Å². The summed E-state index contributed by atoms with van der Waals surface area (Å²) in [5, 5.41) is 0. The molecule has 0 aliphatic heterocycles. The maximum atomic E-state index is 0. The molecule has 0 aromatic carbocycles. The normalized spacial score (nSPS) is 0. The Labute approximate surface area is 94.8 Å². The van der Waals surface area contributed by atoms with Crippen molar-refractivity contribution < 1.29 is 0 Å². The van der Waals surface area contributed by atoms with E-state index in [2.05, 4.69) is 0 Å². The summed E-state index contributed by atoms with van der Waals surface area (Å²) in [4.78, 5) is 0. The molecule has 0 bridgehead atoms. The van der Waals surface area contributed by atoms with Gasteiger partial charge < -0.3 is 0 Å². The largest absolute Gasteiger partial charge is 0 e. The van der Waals surface area contributed by atoms with Crippen LogP contribution in [0.2, 0.25) is 0 Å². The average molecular weight is 59.9 g/mol. The molecule has 0 atom stereocenters. The number of rotatable bonds is 0. The first-order valence-electron chi connectivity index (χ1n) is 0. The summed E-state index contributed by atoms with van der Waals surface area (Å²) in [5.41, 5.74) is 0. The fourth-order valence-corrected chi connectivity index (χ4v) is 0. The summed E-state index contributed by atoms with van der Waals surface area (Å²) >= 11 is 0. The van der Waals surface area contributed by atoms with Crippen LogP contribution in [0, 0.1) is 0 Å². The van der Waals surface area contributed by atoms with Crippen LogP contribution in [0.3, 0.4) is 0 Å². The Balaban J connectivity index is 0. The molecule has 0 spiro atoms. The zero-order chi connectivity index (χ0) is 0. The van der Waals surface area contributed by atoms with Crippen molar-refractivity contribution in [2.75, 3.05) is 0 Å². The third-order valence-corrected chi connectivity index (χ3v) is 0. The summed E-state index contributed by atoms with van der Waals surface area (Å²) in [6, 6.07) is 0. The van der Waals surface area contributed by atoms with E-state index in [0.29, 0.717) is 0 Å². The predicted molar refractivity (Wildman–Crippen MR) is 23.0 cm³/mol. The summed E-state index contributed by atoms with van der Waals surface area (Å²) < 4.78 is 0. The monoisotopic (exact) mass is 60.0 g/mol. The maximum Gasteiger partial charge on any atom is 0 e. The summed E-state index contributed by atoms with van der Waals surface area (Å²) in [6.07, 6.45) is 0. The molecule has 4 radical (unpaired) electrons. The SMILES string of the molecule is [Li].[Li].[Na].[Na]. The Hall–Kier alpha value is 3.19. The molecule has 0 N–H and O–H groups in total. The third-order valence-electron chi connectivity index (χ3n) is 0. The summed E-state index contributed by atoms with van der Waals surface area (Å²) in [5.74, 6) is 0. The van der Waals surface area contributed by atoms with Gasteiger partial charge in [-0.25, -0.2) is 0 Å². The van der Waals surface area contributed by atoms with Gasteiger partial charge in [0.25, 0.3) is 0 Å². The molecule has 0 aromatic rings. The second-order valence-corrected chi connectivity index (χ2v) is 0. The molecule has 0 unspecified atom stereocenters. The van der Waals surface area contributed by atoms with E-state index < -0.39 is 0 Å². The molecule has 0 rings (SSSR count). The molecule has 0 amide bonds. The van der Waals surface area contributed by atoms with Crippen molar-refractivity contribution in [2.45, 2.75) is 0 Å². The molecular formula is Li2Na2. The van der Waals surface area contributed by atoms with E-state index in [-0.39, 0.29) is 96.8 Å². The standard InChI is InChI=1S/2Li.2Na. The Bertz CT molecular complexity index is 4.00. The molecule has 4 valence electrons. The molecule has 0 saturated carbocycles. The van der Waals surface area contributed by atoms with Crippen LogP contribution >= 0.6 is 0 Å².